The molecule has 7 heteroatoms. The molecule has 1 N–H and O–H groups in total. The summed E-state index contributed by atoms with van der Waals surface area (Å²) in [6.07, 6.45) is 1.48. The molecule has 2 heterocycles. The minimum Gasteiger partial charge on any atom is -0.481 e. The topological polar surface area (TPSA) is 104 Å². The standard InChI is InChI=1S/C15H14N2O4S/c1-8-13(9(2)18)14(11-4-3-5-21-11)10(6-16)15(17-8)22-7-12(19)20/h3-5,10,14H,7H2,1-2H3,(H,19,20). The van der Waals surface area contributed by atoms with Crippen LogP contribution in [0.1, 0.15) is 25.5 Å². The van der Waals surface area contributed by atoms with Crippen LogP contribution in [0.15, 0.2) is 39.1 Å². The maximum atomic E-state index is 12.0. The summed E-state index contributed by atoms with van der Waals surface area (Å²) in [5.41, 5.74) is 0.925. The number of thioether (sulfide) groups is 1. The number of nitriles is 1. The summed E-state index contributed by atoms with van der Waals surface area (Å²) < 4.78 is 5.39. The average Bonchev–Trinajstić information content (AvgIpc) is 2.97. The quantitative estimate of drug-likeness (QED) is 0.915. The number of carboxylic acids is 1. The highest BCUT2D eigenvalue weighted by atomic mass is 32.2. The second-order valence-corrected chi connectivity index (χ2v) is 5.78. The van der Waals surface area contributed by atoms with E-state index < -0.39 is 17.8 Å². The molecule has 114 valence electrons. The van der Waals surface area contributed by atoms with Crippen molar-refractivity contribution in [1.82, 2.24) is 0 Å². The predicted molar refractivity (Wildman–Crippen MR) is 81.5 cm³/mol. The Morgan fingerprint density at radius 2 is 2.27 bits per heavy atom. The average molecular weight is 318 g/mol. The number of aliphatic imine (C=N–C) groups is 1. The third-order valence-electron chi connectivity index (χ3n) is 3.29. The van der Waals surface area contributed by atoms with Gasteiger partial charge < -0.3 is 9.52 Å². The SMILES string of the molecule is CC(=O)C1=C(C)N=C(SCC(=O)O)C(C#N)C1c1ccco1. The number of allylic oxidation sites excluding steroid dienone is 2. The van der Waals surface area contributed by atoms with Crippen molar-refractivity contribution >= 4 is 28.6 Å². The Bertz CT molecular complexity index is 698. The second kappa shape index (κ2) is 6.62. The molecule has 0 aliphatic carbocycles. The maximum Gasteiger partial charge on any atom is 0.313 e. The van der Waals surface area contributed by atoms with Gasteiger partial charge in [-0.3, -0.25) is 9.59 Å². The van der Waals surface area contributed by atoms with Gasteiger partial charge in [-0.1, -0.05) is 11.8 Å². The van der Waals surface area contributed by atoms with Gasteiger partial charge in [0.2, 0.25) is 0 Å². The molecule has 0 spiro atoms. The molecule has 0 bridgehead atoms. The Hall–Kier alpha value is -2.33. The smallest absolute Gasteiger partial charge is 0.313 e. The highest BCUT2D eigenvalue weighted by Crippen LogP contribution is 2.41. The van der Waals surface area contributed by atoms with Crippen LogP contribution in [-0.4, -0.2) is 27.7 Å². The summed E-state index contributed by atoms with van der Waals surface area (Å²) >= 11 is 0.998. The molecule has 1 aromatic rings. The fourth-order valence-electron chi connectivity index (χ4n) is 2.47. The van der Waals surface area contributed by atoms with Gasteiger partial charge in [0.25, 0.3) is 0 Å². The number of Topliss-reactive ketones (excluding diaryl/α,β-unsaturated/α-hetero) is 1. The first-order chi connectivity index (χ1) is 10.5. The highest BCUT2D eigenvalue weighted by Gasteiger charge is 2.39. The number of nitrogens with zero attached hydrogens (tertiary/aromatic N) is 2. The van der Waals surface area contributed by atoms with Crippen LogP contribution < -0.4 is 0 Å². The van der Waals surface area contributed by atoms with Crippen LogP contribution in [0.2, 0.25) is 0 Å². The van der Waals surface area contributed by atoms with Gasteiger partial charge in [0.05, 0.1) is 29.0 Å². The zero-order valence-electron chi connectivity index (χ0n) is 12.1. The van der Waals surface area contributed by atoms with Crippen molar-refractivity contribution in [3.05, 3.63) is 35.4 Å². The molecule has 0 saturated heterocycles. The van der Waals surface area contributed by atoms with Crippen LogP contribution in [0.4, 0.5) is 0 Å². The molecule has 2 rings (SSSR count). The van der Waals surface area contributed by atoms with Gasteiger partial charge in [-0.25, -0.2) is 4.99 Å². The Kier molecular flexibility index (Phi) is 4.83. The molecule has 0 fully saturated rings. The molecule has 0 radical (unpaired) electrons. The number of hydrogen-bond donors (Lipinski definition) is 1. The van der Waals surface area contributed by atoms with Gasteiger partial charge in [0.1, 0.15) is 11.7 Å². The number of aliphatic carboxylic acids is 1. The Balaban J connectivity index is 2.50. The lowest BCUT2D eigenvalue weighted by atomic mass is 9.80. The fraction of sp³-hybridized carbons (Fsp3) is 0.333. The van der Waals surface area contributed by atoms with E-state index in [1.165, 1.54) is 13.2 Å². The van der Waals surface area contributed by atoms with E-state index in [4.69, 9.17) is 9.52 Å². The van der Waals surface area contributed by atoms with E-state index in [2.05, 4.69) is 11.1 Å². The summed E-state index contributed by atoms with van der Waals surface area (Å²) in [5.74, 6) is -2.16. The largest absolute Gasteiger partial charge is 0.481 e. The van der Waals surface area contributed by atoms with Crippen LogP contribution in [0, 0.1) is 17.2 Å². The fourth-order valence-corrected chi connectivity index (χ4v) is 3.31. The number of carbonyl (C=O) groups excluding carboxylic acids is 1. The molecule has 2 atom stereocenters. The van der Waals surface area contributed by atoms with Crippen molar-refractivity contribution in [2.75, 3.05) is 5.75 Å². The lowest BCUT2D eigenvalue weighted by molar-refractivity contribution is -0.133. The molecule has 0 amide bonds. The summed E-state index contributed by atoms with van der Waals surface area (Å²) in [6, 6.07) is 5.52. The molecule has 1 aromatic heterocycles. The van der Waals surface area contributed by atoms with Gasteiger partial charge in [-0.05, 0) is 26.0 Å². The molecule has 22 heavy (non-hydrogen) atoms. The Morgan fingerprint density at radius 1 is 1.55 bits per heavy atom. The summed E-state index contributed by atoms with van der Waals surface area (Å²) in [6.45, 7) is 3.11. The number of carboxylic acid groups (broad SMARTS) is 1. The Labute approximate surface area is 131 Å². The van der Waals surface area contributed by atoms with Crippen molar-refractivity contribution in [2.24, 2.45) is 10.9 Å². The second-order valence-electron chi connectivity index (χ2n) is 4.79. The van der Waals surface area contributed by atoms with Crippen molar-refractivity contribution < 1.29 is 19.1 Å². The van der Waals surface area contributed by atoms with Crippen molar-refractivity contribution in [1.29, 1.82) is 5.26 Å². The molecule has 0 aromatic carbocycles. The van der Waals surface area contributed by atoms with Gasteiger partial charge in [-0.15, -0.1) is 0 Å². The van der Waals surface area contributed by atoms with Crippen LogP contribution in [-0.2, 0) is 9.59 Å². The predicted octanol–water partition coefficient (Wildman–Crippen LogP) is 2.60. The Morgan fingerprint density at radius 3 is 2.77 bits per heavy atom. The van der Waals surface area contributed by atoms with Crippen LogP contribution >= 0.6 is 11.8 Å². The van der Waals surface area contributed by atoms with Crippen LogP contribution in [0.3, 0.4) is 0 Å². The minimum absolute atomic E-state index is 0.176. The van der Waals surface area contributed by atoms with Crippen molar-refractivity contribution in [2.45, 2.75) is 19.8 Å². The summed E-state index contributed by atoms with van der Waals surface area (Å²) in [5, 5.41) is 18.7. The van der Waals surface area contributed by atoms with Gasteiger partial charge in [-0.2, -0.15) is 5.26 Å². The number of rotatable bonds is 4. The zero-order valence-corrected chi connectivity index (χ0v) is 12.9. The van der Waals surface area contributed by atoms with E-state index in [0.29, 0.717) is 22.1 Å². The summed E-state index contributed by atoms with van der Waals surface area (Å²) in [7, 11) is 0. The lowest BCUT2D eigenvalue weighted by Gasteiger charge is -2.27. The highest BCUT2D eigenvalue weighted by molar-refractivity contribution is 8.14. The van der Waals surface area contributed by atoms with Gasteiger partial charge in [0, 0.05) is 11.3 Å². The van der Waals surface area contributed by atoms with Gasteiger partial charge in [0.15, 0.2) is 5.78 Å². The van der Waals surface area contributed by atoms with E-state index in [0.717, 1.165) is 11.8 Å². The van der Waals surface area contributed by atoms with E-state index in [1.54, 1.807) is 19.1 Å². The van der Waals surface area contributed by atoms with Gasteiger partial charge >= 0.3 is 5.97 Å². The monoisotopic (exact) mass is 318 g/mol. The minimum atomic E-state index is -0.988. The third kappa shape index (κ3) is 3.12. The summed E-state index contributed by atoms with van der Waals surface area (Å²) in [4.78, 5) is 27.0. The van der Waals surface area contributed by atoms with E-state index >= 15 is 0 Å². The molecule has 1 aliphatic rings. The van der Waals surface area contributed by atoms with E-state index in [1.807, 2.05) is 0 Å². The zero-order chi connectivity index (χ0) is 16.3. The van der Waals surface area contributed by atoms with E-state index in [-0.39, 0.29) is 11.5 Å². The number of carbonyl (C=O) groups is 2. The van der Waals surface area contributed by atoms with Crippen molar-refractivity contribution in [3.8, 4) is 6.07 Å². The number of hydrogen-bond acceptors (Lipinski definition) is 6. The molecule has 0 saturated carbocycles. The first-order valence-electron chi connectivity index (χ1n) is 6.53. The number of furan rings is 1. The molecule has 1 aliphatic heterocycles. The molecule has 2 unspecified atom stereocenters. The molecular weight excluding hydrogens is 304 g/mol. The van der Waals surface area contributed by atoms with Crippen molar-refractivity contribution in [3.63, 3.8) is 0 Å². The first-order valence-corrected chi connectivity index (χ1v) is 7.52. The van der Waals surface area contributed by atoms with Crippen LogP contribution in [0.5, 0.6) is 0 Å². The first kappa shape index (κ1) is 16.0. The molecular formula is C15H14N2O4S. The number of ketones is 1. The van der Waals surface area contributed by atoms with Crippen LogP contribution in [0.25, 0.3) is 0 Å². The normalized spacial score (nSPS) is 21.2. The van der Waals surface area contributed by atoms with E-state index in [9.17, 15) is 14.9 Å². The molecule has 6 nitrogen and oxygen atoms in total. The lowest BCUT2D eigenvalue weighted by Crippen LogP contribution is -2.28. The third-order valence-corrected chi connectivity index (χ3v) is 4.32. The maximum absolute atomic E-state index is 12.0.